The Balaban J connectivity index is 1.89. The number of hydrogen-bond donors (Lipinski definition) is 0. The van der Waals surface area contributed by atoms with Crippen molar-refractivity contribution < 1.29 is 9.53 Å². The molecule has 7 nitrogen and oxygen atoms in total. The van der Waals surface area contributed by atoms with Crippen molar-refractivity contribution in [1.82, 2.24) is 19.7 Å². The van der Waals surface area contributed by atoms with Crippen LogP contribution in [0.3, 0.4) is 0 Å². The molecule has 25 heavy (non-hydrogen) atoms. The number of aryl methyl sites for hydroxylation is 2. The van der Waals surface area contributed by atoms with Gasteiger partial charge in [-0.1, -0.05) is 5.57 Å². The van der Waals surface area contributed by atoms with Crippen LogP contribution in [0.4, 0.5) is 5.82 Å². The predicted octanol–water partition coefficient (Wildman–Crippen LogP) is 2.38. The molecule has 0 unspecified atom stereocenters. The molecule has 1 aliphatic heterocycles. The van der Waals surface area contributed by atoms with Gasteiger partial charge in [-0.3, -0.25) is 4.68 Å². The second kappa shape index (κ2) is 7.04. The van der Waals surface area contributed by atoms with E-state index in [0.717, 1.165) is 36.8 Å². The van der Waals surface area contributed by atoms with Gasteiger partial charge in [0.15, 0.2) is 5.69 Å². The third-order valence-electron chi connectivity index (χ3n) is 4.38. The molecule has 0 amide bonds. The number of carbonyl (C=O) groups excluding carboxylic acids is 1. The van der Waals surface area contributed by atoms with Crippen molar-refractivity contribution in [3.05, 3.63) is 41.1 Å². The smallest absolute Gasteiger partial charge is 0.358 e. The van der Waals surface area contributed by atoms with Gasteiger partial charge in [0.05, 0.1) is 12.3 Å². The van der Waals surface area contributed by atoms with Gasteiger partial charge in [-0.2, -0.15) is 5.10 Å². The lowest BCUT2D eigenvalue weighted by Gasteiger charge is -2.31. The summed E-state index contributed by atoms with van der Waals surface area (Å²) in [7, 11) is 1.85. The summed E-state index contributed by atoms with van der Waals surface area (Å²) in [4.78, 5) is 22.9. The molecule has 7 heteroatoms. The minimum Gasteiger partial charge on any atom is -0.461 e. The van der Waals surface area contributed by atoms with Gasteiger partial charge in [0.1, 0.15) is 11.6 Å². The van der Waals surface area contributed by atoms with Crippen LogP contribution in [0, 0.1) is 6.92 Å². The number of esters is 1. The molecule has 1 aliphatic rings. The van der Waals surface area contributed by atoms with Crippen LogP contribution >= 0.6 is 0 Å². The van der Waals surface area contributed by atoms with Crippen LogP contribution in [-0.4, -0.2) is 45.4 Å². The van der Waals surface area contributed by atoms with E-state index in [-0.39, 0.29) is 5.97 Å². The summed E-state index contributed by atoms with van der Waals surface area (Å²) in [5.41, 5.74) is 3.76. The van der Waals surface area contributed by atoms with E-state index >= 15 is 0 Å². The fourth-order valence-electron chi connectivity index (χ4n) is 3.03. The van der Waals surface area contributed by atoms with Crippen molar-refractivity contribution in [3.8, 4) is 0 Å². The highest BCUT2D eigenvalue weighted by Gasteiger charge is 2.23. The van der Waals surface area contributed by atoms with Crippen LogP contribution < -0.4 is 4.90 Å². The lowest BCUT2D eigenvalue weighted by Crippen LogP contribution is -2.32. The van der Waals surface area contributed by atoms with Crippen molar-refractivity contribution >= 4 is 17.4 Å². The molecule has 2 aromatic rings. The molecule has 0 aromatic carbocycles. The van der Waals surface area contributed by atoms with Crippen LogP contribution in [0.15, 0.2) is 23.9 Å². The quantitative estimate of drug-likeness (QED) is 0.795. The third kappa shape index (κ3) is 3.55. The molecule has 0 bridgehead atoms. The zero-order valence-electron chi connectivity index (χ0n) is 15.1. The standard InChI is InChI=1S/C18H23N5O2/c1-5-25-18(24)15-10-16(22(4)21-15)14-11-23(9-7-12(14)2)17-6-8-19-13(3)20-17/h6,8,10H,5,7,9,11H2,1-4H3. The molecule has 3 rings (SSSR count). The van der Waals surface area contributed by atoms with Gasteiger partial charge in [0.25, 0.3) is 0 Å². The Kier molecular flexibility index (Phi) is 4.83. The highest BCUT2D eigenvalue weighted by Crippen LogP contribution is 2.29. The lowest BCUT2D eigenvalue weighted by atomic mass is 9.98. The van der Waals surface area contributed by atoms with Gasteiger partial charge in [0, 0.05) is 26.3 Å². The van der Waals surface area contributed by atoms with Gasteiger partial charge < -0.3 is 9.64 Å². The Labute approximate surface area is 147 Å². The van der Waals surface area contributed by atoms with Gasteiger partial charge in [0.2, 0.25) is 0 Å². The summed E-state index contributed by atoms with van der Waals surface area (Å²) in [5.74, 6) is 1.29. The number of hydrogen-bond acceptors (Lipinski definition) is 6. The maximum absolute atomic E-state index is 12.0. The molecule has 0 saturated carbocycles. The van der Waals surface area contributed by atoms with Gasteiger partial charge in [-0.25, -0.2) is 14.8 Å². The first-order chi connectivity index (χ1) is 12.0. The summed E-state index contributed by atoms with van der Waals surface area (Å²) in [6, 6.07) is 3.74. The zero-order chi connectivity index (χ0) is 18.0. The SMILES string of the molecule is CCOC(=O)c1cc(C2=C(C)CCN(c3ccnc(C)n3)C2)n(C)n1. The fraction of sp³-hybridized carbons (Fsp3) is 0.444. The van der Waals surface area contributed by atoms with Crippen LogP contribution in [0.1, 0.15) is 42.3 Å². The number of nitrogens with zero attached hydrogens (tertiary/aromatic N) is 5. The van der Waals surface area contributed by atoms with Crippen molar-refractivity contribution in [1.29, 1.82) is 0 Å². The third-order valence-corrected chi connectivity index (χ3v) is 4.38. The summed E-state index contributed by atoms with van der Waals surface area (Å²) in [6.45, 7) is 7.79. The Hall–Kier alpha value is -2.70. The van der Waals surface area contributed by atoms with Crippen molar-refractivity contribution in [2.24, 2.45) is 7.05 Å². The second-order valence-corrected chi connectivity index (χ2v) is 6.15. The fourth-order valence-corrected chi connectivity index (χ4v) is 3.03. The zero-order valence-corrected chi connectivity index (χ0v) is 15.1. The molecule has 0 fully saturated rings. The molecule has 132 valence electrons. The molecule has 0 spiro atoms. The van der Waals surface area contributed by atoms with E-state index in [1.54, 1.807) is 17.8 Å². The number of ether oxygens (including phenoxy) is 1. The van der Waals surface area contributed by atoms with Crippen molar-refractivity contribution in [2.75, 3.05) is 24.6 Å². The van der Waals surface area contributed by atoms with E-state index in [2.05, 4.69) is 26.9 Å². The molecular weight excluding hydrogens is 318 g/mol. The normalized spacial score (nSPS) is 14.8. The Bertz CT molecular complexity index is 825. The van der Waals surface area contributed by atoms with Crippen LogP contribution in [0.2, 0.25) is 0 Å². The summed E-state index contributed by atoms with van der Waals surface area (Å²) < 4.78 is 6.81. The predicted molar refractivity (Wildman–Crippen MR) is 95.4 cm³/mol. The number of anilines is 1. The molecule has 0 aliphatic carbocycles. The molecule has 0 atom stereocenters. The van der Waals surface area contributed by atoms with Crippen LogP contribution in [0.5, 0.6) is 0 Å². The molecule has 2 aromatic heterocycles. The molecule has 3 heterocycles. The van der Waals surface area contributed by atoms with Gasteiger partial charge in [-0.05, 0) is 44.9 Å². The number of carbonyl (C=O) groups is 1. The van der Waals surface area contributed by atoms with E-state index in [1.807, 2.05) is 26.1 Å². The number of aromatic nitrogens is 4. The summed E-state index contributed by atoms with van der Waals surface area (Å²) in [5, 5.41) is 4.31. The first kappa shape index (κ1) is 17.1. The number of rotatable bonds is 4. The lowest BCUT2D eigenvalue weighted by molar-refractivity contribution is 0.0518. The molecular formula is C18H23N5O2. The van der Waals surface area contributed by atoms with E-state index in [9.17, 15) is 4.79 Å². The maximum atomic E-state index is 12.0. The Morgan fingerprint density at radius 1 is 1.36 bits per heavy atom. The topological polar surface area (TPSA) is 73.1 Å². The molecule has 0 N–H and O–H groups in total. The highest BCUT2D eigenvalue weighted by atomic mass is 16.5. The average molecular weight is 341 g/mol. The highest BCUT2D eigenvalue weighted by molar-refractivity contribution is 5.88. The van der Waals surface area contributed by atoms with Gasteiger partial charge >= 0.3 is 5.97 Å². The van der Waals surface area contributed by atoms with E-state index in [0.29, 0.717) is 12.3 Å². The first-order valence-electron chi connectivity index (χ1n) is 8.44. The van der Waals surface area contributed by atoms with E-state index < -0.39 is 0 Å². The maximum Gasteiger partial charge on any atom is 0.358 e. The van der Waals surface area contributed by atoms with Crippen molar-refractivity contribution in [2.45, 2.75) is 27.2 Å². The second-order valence-electron chi connectivity index (χ2n) is 6.15. The molecule has 0 saturated heterocycles. The largest absolute Gasteiger partial charge is 0.461 e. The Morgan fingerprint density at radius 3 is 2.88 bits per heavy atom. The summed E-state index contributed by atoms with van der Waals surface area (Å²) in [6.07, 6.45) is 2.73. The van der Waals surface area contributed by atoms with Crippen LogP contribution in [-0.2, 0) is 11.8 Å². The Morgan fingerprint density at radius 2 is 2.16 bits per heavy atom. The minimum atomic E-state index is -0.387. The summed E-state index contributed by atoms with van der Waals surface area (Å²) >= 11 is 0. The average Bonchev–Trinajstić information content (AvgIpc) is 2.97. The first-order valence-corrected chi connectivity index (χ1v) is 8.44. The monoisotopic (exact) mass is 341 g/mol. The van der Waals surface area contributed by atoms with E-state index in [1.165, 1.54) is 11.1 Å². The van der Waals surface area contributed by atoms with E-state index in [4.69, 9.17) is 4.74 Å². The van der Waals surface area contributed by atoms with Crippen molar-refractivity contribution in [3.63, 3.8) is 0 Å². The minimum absolute atomic E-state index is 0.341. The van der Waals surface area contributed by atoms with Gasteiger partial charge in [-0.15, -0.1) is 0 Å². The molecule has 0 radical (unpaired) electrons. The van der Waals surface area contributed by atoms with Crippen LogP contribution in [0.25, 0.3) is 5.57 Å².